The number of hydrogen-bond acceptors (Lipinski definition) is 11. The summed E-state index contributed by atoms with van der Waals surface area (Å²) < 4.78 is 26.7. The molecule has 2 atom stereocenters. The SMILES string of the molecule is Cc1cc(-c2nc(C3(Nc4cc5sc(N6CCCC(O)C6)nc5nc4N4CCC(F)CC4)CO3)co2)ccn1. The highest BCUT2D eigenvalue weighted by molar-refractivity contribution is 7.22. The summed E-state index contributed by atoms with van der Waals surface area (Å²) in [6.45, 7) is 4.94. The zero-order valence-electron chi connectivity index (χ0n) is 21.6. The number of aromatic nitrogens is 4. The highest BCUT2D eigenvalue weighted by Gasteiger charge is 2.50. The first kappa shape index (κ1) is 24.7. The van der Waals surface area contributed by atoms with E-state index < -0.39 is 11.9 Å². The lowest BCUT2D eigenvalue weighted by atomic mass is 10.1. The predicted molar refractivity (Wildman–Crippen MR) is 147 cm³/mol. The van der Waals surface area contributed by atoms with Crippen LogP contribution < -0.4 is 15.1 Å². The third kappa shape index (κ3) is 4.81. The van der Waals surface area contributed by atoms with Gasteiger partial charge in [-0.25, -0.2) is 14.4 Å². The summed E-state index contributed by atoms with van der Waals surface area (Å²) in [5.41, 5.74) is 2.98. The third-order valence-electron chi connectivity index (χ3n) is 7.57. The van der Waals surface area contributed by atoms with Crippen LogP contribution >= 0.6 is 11.3 Å². The first-order valence-corrected chi connectivity index (χ1v) is 14.2. The molecule has 4 aromatic heterocycles. The normalized spacial score (nSPS) is 23.9. The van der Waals surface area contributed by atoms with Gasteiger partial charge >= 0.3 is 0 Å². The van der Waals surface area contributed by atoms with Crippen molar-refractivity contribution in [1.29, 1.82) is 0 Å². The number of aliphatic hydroxyl groups excluding tert-OH is 1. The average molecular weight is 552 g/mol. The van der Waals surface area contributed by atoms with Gasteiger partial charge in [0, 0.05) is 43.6 Å². The molecule has 2 unspecified atom stereocenters. The molecular weight excluding hydrogens is 521 g/mol. The summed E-state index contributed by atoms with van der Waals surface area (Å²) in [4.78, 5) is 23.0. The molecule has 204 valence electrons. The Balaban J connectivity index is 1.23. The fourth-order valence-corrected chi connectivity index (χ4v) is 6.33. The number of halogens is 1. The molecule has 2 N–H and O–H groups in total. The summed E-state index contributed by atoms with van der Waals surface area (Å²) >= 11 is 1.56. The van der Waals surface area contributed by atoms with E-state index in [2.05, 4.69) is 26.2 Å². The molecule has 0 amide bonds. The molecule has 7 heterocycles. The van der Waals surface area contributed by atoms with Crippen LogP contribution in [0.15, 0.2) is 35.1 Å². The number of oxazole rings is 1. The minimum Gasteiger partial charge on any atom is -0.444 e. The lowest BCUT2D eigenvalue weighted by molar-refractivity contribution is 0.154. The van der Waals surface area contributed by atoms with Gasteiger partial charge < -0.3 is 29.4 Å². The molecule has 3 aliphatic heterocycles. The second-order valence-electron chi connectivity index (χ2n) is 10.5. The van der Waals surface area contributed by atoms with E-state index >= 15 is 0 Å². The van der Waals surface area contributed by atoms with E-state index in [0.29, 0.717) is 56.3 Å². The summed E-state index contributed by atoms with van der Waals surface area (Å²) in [5, 5.41) is 14.6. The lowest BCUT2D eigenvalue weighted by Gasteiger charge is -2.31. The Morgan fingerprint density at radius 3 is 2.74 bits per heavy atom. The fraction of sp³-hybridized carbons (Fsp3) is 0.481. The third-order valence-corrected chi connectivity index (χ3v) is 8.63. The van der Waals surface area contributed by atoms with E-state index in [9.17, 15) is 9.50 Å². The molecule has 0 saturated carbocycles. The first-order valence-electron chi connectivity index (χ1n) is 13.4. The van der Waals surface area contributed by atoms with E-state index in [-0.39, 0.29) is 6.10 Å². The maximum Gasteiger partial charge on any atom is 0.226 e. The lowest BCUT2D eigenvalue weighted by Crippen LogP contribution is -2.38. The van der Waals surface area contributed by atoms with Gasteiger partial charge in [-0.1, -0.05) is 11.3 Å². The van der Waals surface area contributed by atoms with E-state index in [4.69, 9.17) is 24.1 Å². The van der Waals surface area contributed by atoms with Crippen molar-refractivity contribution in [3.05, 3.63) is 42.0 Å². The van der Waals surface area contributed by atoms with Gasteiger partial charge in [-0.3, -0.25) is 4.98 Å². The van der Waals surface area contributed by atoms with E-state index in [1.165, 1.54) is 0 Å². The van der Waals surface area contributed by atoms with Crippen LogP contribution in [0.25, 0.3) is 21.8 Å². The molecule has 0 spiro atoms. The molecule has 10 nitrogen and oxygen atoms in total. The van der Waals surface area contributed by atoms with Gasteiger partial charge in [-0.15, -0.1) is 0 Å². The predicted octanol–water partition coefficient (Wildman–Crippen LogP) is 4.24. The Bertz CT molecular complexity index is 1500. The zero-order valence-corrected chi connectivity index (χ0v) is 22.5. The molecule has 7 rings (SSSR count). The number of epoxide rings is 1. The van der Waals surface area contributed by atoms with Gasteiger partial charge in [-0.2, -0.15) is 4.98 Å². The van der Waals surface area contributed by atoms with E-state index in [1.54, 1.807) is 23.8 Å². The Hall–Kier alpha value is -3.35. The minimum absolute atomic E-state index is 0.344. The summed E-state index contributed by atoms with van der Waals surface area (Å²) in [5.74, 6) is 1.23. The van der Waals surface area contributed by atoms with Crippen molar-refractivity contribution >= 4 is 38.3 Å². The minimum atomic E-state index is -0.836. The largest absolute Gasteiger partial charge is 0.444 e. The second-order valence-corrected chi connectivity index (χ2v) is 11.6. The summed E-state index contributed by atoms with van der Waals surface area (Å²) in [7, 11) is 0. The number of ether oxygens (including phenoxy) is 1. The number of β-amino-alcohol motifs (C(OH)–C–C–N with tert-alkyl or cyclic N) is 1. The molecule has 3 fully saturated rings. The molecule has 4 aromatic rings. The van der Waals surface area contributed by atoms with E-state index in [0.717, 1.165) is 52.0 Å². The van der Waals surface area contributed by atoms with Crippen molar-refractivity contribution in [2.45, 2.75) is 50.6 Å². The molecular formula is C27H30FN7O3S. The van der Waals surface area contributed by atoms with Crippen LogP contribution in [0.4, 0.5) is 21.0 Å². The number of thiazole rings is 1. The van der Waals surface area contributed by atoms with Crippen LogP contribution in [0.2, 0.25) is 0 Å². The van der Waals surface area contributed by atoms with Crippen LogP contribution in [0.1, 0.15) is 37.1 Å². The average Bonchev–Trinajstić information content (AvgIpc) is 3.33. The van der Waals surface area contributed by atoms with Crippen molar-refractivity contribution in [2.24, 2.45) is 0 Å². The number of pyridine rings is 2. The van der Waals surface area contributed by atoms with Crippen LogP contribution in [0.5, 0.6) is 0 Å². The monoisotopic (exact) mass is 551 g/mol. The summed E-state index contributed by atoms with van der Waals surface area (Å²) in [6.07, 6.45) is 4.90. The number of aliphatic hydroxyl groups is 1. The quantitative estimate of drug-likeness (QED) is 0.337. The number of rotatable bonds is 6. The van der Waals surface area contributed by atoms with Crippen LogP contribution in [0, 0.1) is 6.92 Å². The number of nitrogens with zero attached hydrogens (tertiary/aromatic N) is 6. The number of hydrogen-bond donors (Lipinski definition) is 2. The molecule has 0 radical (unpaired) electrons. The number of anilines is 3. The Morgan fingerprint density at radius 1 is 1.13 bits per heavy atom. The number of fused-ring (bicyclic) bond motifs is 1. The molecule has 0 aromatic carbocycles. The van der Waals surface area contributed by atoms with Crippen molar-refractivity contribution < 1.29 is 18.7 Å². The van der Waals surface area contributed by atoms with Gasteiger partial charge in [-0.05, 0) is 50.8 Å². The van der Waals surface area contributed by atoms with Gasteiger partial charge in [0.05, 0.1) is 16.5 Å². The maximum atomic E-state index is 14.0. The molecule has 39 heavy (non-hydrogen) atoms. The van der Waals surface area contributed by atoms with Crippen molar-refractivity contribution in [3.63, 3.8) is 0 Å². The van der Waals surface area contributed by atoms with Crippen LogP contribution in [0.3, 0.4) is 0 Å². The smallest absolute Gasteiger partial charge is 0.226 e. The molecule has 3 saturated heterocycles. The molecule has 0 bridgehead atoms. The standard InChI is InChI=1S/C27H30FN7O3S/c1-16-11-17(4-7-29-16)25-30-22(14-37-25)27(15-38-27)33-20-12-21-23(31-24(20)34-9-5-18(28)6-10-34)32-26(39-21)35-8-2-3-19(36)13-35/h4,7,11-12,14,18-19,33,36H,2-3,5-6,8-10,13,15H2,1H3. The summed E-state index contributed by atoms with van der Waals surface area (Å²) in [6, 6.07) is 5.84. The van der Waals surface area contributed by atoms with Gasteiger partial charge in [0.25, 0.3) is 0 Å². The molecule has 0 aliphatic carbocycles. The molecule has 12 heteroatoms. The highest BCUT2D eigenvalue weighted by Crippen LogP contribution is 2.44. The first-order chi connectivity index (χ1) is 19.0. The Labute approximate surface area is 228 Å². The number of piperidine rings is 2. The number of nitrogens with one attached hydrogen (secondary N) is 1. The Kier molecular flexibility index (Phi) is 6.13. The van der Waals surface area contributed by atoms with E-state index in [1.807, 2.05) is 19.1 Å². The van der Waals surface area contributed by atoms with Crippen molar-refractivity contribution in [1.82, 2.24) is 19.9 Å². The molecule has 3 aliphatic rings. The highest BCUT2D eigenvalue weighted by atomic mass is 32.1. The topological polar surface area (TPSA) is 116 Å². The number of aryl methyl sites for hydroxylation is 1. The zero-order chi connectivity index (χ0) is 26.6. The Morgan fingerprint density at radius 2 is 1.97 bits per heavy atom. The van der Waals surface area contributed by atoms with Crippen molar-refractivity contribution in [3.8, 4) is 11.5 Å². The van der Waals surface area contributed by atoms with Gasteiger partial charge in [0.1, 0.15) is 24.7 Å². The second kappa shape index (κ2) is 9.68. The van der Waals surface area contributed by atoms with Gasteiger partial charge in [0.2, 0.25) is 11.6 Å². The van der Waals surface area contributed by atoms with Crippen molar-refractivity contribution in [2.75, 3.05) is 47.9 Å². The number of alkyl halides is 1. The van der Waals surface area contributed by atoms with Crippen LogP contribution in [-0.4, -0.2) is 70.1 Å². The fourth-order valence-electron chi connectivity index (χ4n) is 5.34. The van der Waals surface area contributed by atoms with Crippen LogP contribution in [-0.2, 0) is 10.5 Å². The van der Waals surface area contributed by atoms with Gasteiger partial charge in [0.15, 0.2) is 16.6 Å². The maximum absolute atomic E-state index is 14.0.